The van der Waals surface area contributed by atoms with Crippen LogP contribution in [-0.4, -0.2) is 17.0 Å². The highest BCUT2D eigenvalue weighted by Crippen LogP contribution is 2.27. The van der Waals surface area contributed by atoms with E-state index in [1.807, 2.05) is 6.07 Å². The van der Waals surface area contributed by atoms with Crippen molar-refractivity contribution in [2.24, 2.45) is 0 Å². The maximum absolute atomic E-state index is 12.2. The molecule has 1 amide bonds. The molecule has 0 aliphatic heterocycles. The molecule has 140 valence electrons. The van der Waals surface area contributed by atoms with Crippen molar-refractivity contribution in [1.82, 2.24) is 5.32 Å². The molecule has 28 heavy (non-hydrogen) atoms. The predicted octanol–water partition coefficient (Wildman–Crippen LogP) is 3.77. The summed E-state index contributed by atoms with van der Waals surface area (Å²) >= 11 is 0. The Kier molecular flexibility index (Phi) is 5.42. The van der Waals surface area contributed by atoms with Crippen LogP contribution in [0.5, 0.6) is 0 Å². The maximum atomic E-state index is 12.2. The highest BCUT2D eigenvalue weighted by Gasteiger charge is 2.13. The van der Waals surface area contributed by atoms with Crippen LogP contribution >= 0.6 is 0 Å². The smallest absolute Gasteiger partial charge is 0.335 e. The number of carboxylic acid groups (broad SMARTS) is 1. The zero-order valence-corrected chi connectivity index (χ0v) is 14.9. The highest BCUT2D eigenvalue weighted by atomic mass is 16.4. The predicted molar refractivity (Wildman–Crippen MR) is 100.0 cm³/mol. The third-order valence-corrected chi connectivity index (χ3v) is 4.02. The molecule has 2 aromatic heterocycles. The summed E-state index contributed by atoms with van der Waals surface area (Å²) in [5.41, 5.74) is 1.55. The SMILES string of the molecule is Cc1cc(C(=O)O)ccc1-c1ccc(/C=C(/C#N)C(=O)NCc2ccco2)o1. The van der Waals surface area contributed by atoms with E-state index >= 15 is 0 Å². The molecule has 0 aliphatic rings. The molecule has 0 spiro atoms. The van der Waals surface area contributed by atoms with E-state index in [9.17, 15) is 14.9 Å². The minimum atomic E-state index is -1.00. The van der Waals surface area contributed by atoms with Gasteiger partial charge in [0.05, 0.1) is 18.4 Å². The Morgan fingerprint density at radius 2 is 2.07 bits per heavy atom. The quantitative estimate of drug-likeness (QED) is 0.500. The lowest BCUT2D eigenvalue weighted by molar-refractivity contribution is -0.117. The van der Waals surface area contributed by atoms with Crippen molar-refractivity contribution in [1.29, 1.82) is 5.26 Å². The number of hydrogen-bond acceptors (Lipinski definition) is 5. The fourth-order valence-corrected chi connectivity index (χ4v) is 2.61. The second-order valence-corrected chi connectivity index (χ2v) is 5.97. The first-order chi connectivity index (χ1) is 13.5. The van der Waals surface area contributed by atoms with E-state index in [2.05, 4.69) is 5.32 Å². The van der Waals surface area contributed by atoms with Gasteiger partial charge in [-0.1, -0.05) is 6.07 Å². The van der Waals surface area contributed by atoms with Crippen LogP contribution in [0.15, 0.2) is 63.1 Å². The van der Waals surface area contributed by atoms with Crippen LogP contribution in [0.25, 0.3) is 17.4 Å². The Morgan fingerprint density at radius 3 is 2.71 bits per heavy atom. The Balaban J connectivity index is 1.77. The summed E-state index contributed by atoms with van der Waals surface area (Å²) in [5, 5.41) is 20.9. The number of rotatable bonds is 6. The molecule has 0 radical (unpaired) electrons. The topological polar surface area (TPSA) is 116 Å². The van der Waals surface area contributed by atoms with Crippen LogP contribution < -0.4 is 5.32 Å². The Morgan fingerprint density at radius 1 is 1.25 bits per heavy atom. The number of benzene rings is 1. The average Bonchev–Trinajstić information content (AvgIpc) is 3.36. The van der Waals surface area contributed by atoms with Gasteiger partial charge in [-0.15, -0.1) is 0 Å². The number of nitrogens with zero attached hydrogens (tertiary/aromatic N) is 1. The molecule has 0 fully saturated rings. The monoisotopic (exact) mass is 376 g/mol. The number of amides is 1. The van der Waals surface area contributed by atoms with E-state index in [1.165, 1.54) is 18.4 Å². The molecule has 7 nitrogen and oxygen atoms in total. The van der Waals surface area contributed by atoms with Crippen molar-refractivity contribution in [3.8, 4) is 17.4 Å². The number of aryl methyl sites for hydroxylation is 1. The van der Waals surface area contributed by atoms with E-state index in [0.717, 1.165) is 11.1 Å². The molecule has 2 heterocycles. The molecule has 2 N–H and O–H groups in total. The maximum Gasteiger partial charge on any atom is 0.335 e. The van der Waals surface area contributed by atoms with Gasteiger partial charge in [0.2, 0.25) is 0 Å². The van der Waals surface area contributed by atoms with Crippen molar-refractivity contribution < 1.29 is 23.5 Å². The molecule has 0 atom stereocenters. The summed E-state index contributed by atoms with van der Waals surface area (Å²) in [7, 11) is 0. The summed E-state index contributed by atoms with van der Waals surface area (Å²) in [6.07, 6.45) is 2.85. The number of furan rings is 2. The number of nitriles is 1. The van der Waals surface area contributed by atoms with Gasteiger partial charge in [0, 0.05) is 11.6 Å². The van der Waals surface area contributed by atoms with E-state index < -0.39 is 11.9 Å². The van der Waals surface area contributed by atoms with E-state index in [4.69, 9.17) is 13.9 Å². The molecule has 0 saturated heterocycles. The van der Waals surface area contributed by atoms with Gasteiger partial charge in [-0.3, -0.25) is 4.79 Å². The van der Waals surface area contributed by atoms with Crippen LogP contribution in [0.1, 0.15) is 27.4 Å². The summed E-state index contributed by atoms with van der Waals surface area (Å²) in [4.78, 5) is 23.2. The fourth-order valence-electron chi connectivity index (χ4n) is 2.61. The minimum absolute atomic E-state index is 0.106. The van der Waals surface area contributed by atoms with Crippen molar-refractivity contribution in [3.05, 3.63) is 76.9 Å². The Hall–Kier alpha value is -4.05. The zero-order chi connectivity index (χ0) is 20.1. The van der Waals surface area contributed by atoms with Crippen molar-refractivity contribution >= 4 is 18.0 Å². The van der Waals surface area contributed by atoms with Gasteiger partial charge in [-0.05, 0) is 48.9 Å². The molecule has 3 aromatic rings. The van der Waals surface area contributed by atoms with Crippen LogP contribution in [0, 0.1) is 18.3 Å². The third kappa shape index (κ3) is 4.19. The lowest BCUT2D eigenvalue weighted by Crippen LogP contribution is -2.23. The number of carbonyl (C=O) groups is 2. The molecule has 7 heteroatoms. The first kappa shape index (κ1) is 18.7. The fraction of sp³-hybridized carbons (Fsp3) is 0.0952. The molecule has 0 aliphatic carbocycles. The van der Waals surface area contributed by atoms with Gasteiger partial charge in [0.15, 0.2) is 0 Å². The highest BCUT2D eigenvalue weighted by molar-refractivity contribution is 6.01. The van der Waals surface area contributed by atoms with Gasteiger partial charge in [0.1, 0.15) is 28.9 Å². The second-order valence-electron chi connectivity index (χ2n) is 5.97. The molecular formula is C21H16N2O5. The van der Waals surface area contributed by atoms with Crippen LogP contribution in [0.2, 0.25) is 0 Å². The van der Waals surface area contributed by atoms with Crippen molar-refractivity contribution in [2.75, 3.05) is 0 Å². The first-order valence-corrected chi connectivity index (χ1v) is 8.34. The van der Waals surface area contributed by atoms with E-state index in [0.29, 0.717) is 17.3 Å². The van der Waals surface area contributed by atoms with Gasteiger partial charge < -0.3 is 19.3 Å². The lowest BCUT2D eigenvalue weighted by Gasteiger charge is -2.04. The van der Waals surface area contributed by atoms with E-state index in [-0.39, 0.29) is 17.7 Å². The van der Waals surface area contributed by atoms with Crippen LogP contribution in [-0.2, 0) is 11.3 Å². The van der Waals surface area contributed by atoms with Crippen LogP contribution in [0.3, 0.4) is 0 Å². The number of aromatic carboxylic acids is 1. The standard InChI is InChI=1S/C21H16N2O5/c1-13-9-14(21(25)26)4-6-18(13)19-7-5-16(28-19)10-15(11-22)20(24)23-12-17-3-2-8-27-17/h2-10H,12H2,1H3,(H,23,24)(H,25,26)/b15-10-. The third-order valence-electron chi connectivity index (χ3n) is 4.02. The number of nitrogens with one attached hydrogen (secondary N) is 1. The molecule has 3 rings (SSSR count). The first-order valence-electron chi connectivity index (χ1n) is 8.34. The molecule has 0 unspecified atom stereocenters. The number of carboxylic acids is 1. The van der Waals surface area contributed by atoms with Crippen LogP contribution in [0.4, 0.5) is 0 Å². The van der Waals surface area contributed by atoms with E-state index in [1.54, 1.807) is 43.3 Å². The molecule has 0 bridgehead atoms. The lowest BCUT2D eigenvalue weighted by atomic mass is 10.0. The van der Waals surface area contributed by atoms with Gasteiger partial charge >= 0.3 is 5.97 Å². The number of carbonyl (C=O) groups excluding carboxylic acids is 1. The summed E-state index contributed by atoms with van der Waals surface area (Å²) < 4.78 is 10.8. The van der Waals surface area contributed by atoms with Gasteiger partial charge in [-0.25, -0.2) is 4.79 Å². The van der Waals surface area contributed by atoms with Gasteiger partial charge in [0.25, 0.3) is 5.91 Å². The Labute approximate surface area is 160 Å². The molecule has 0 saturated carbocycles. The molecule has 1 aromatic carbocycles. The average molecular weight is 376 g/mol. The summed E-state index contributed by atoms with van der Waals surface area (Å²) in [6.45, 7) is 1.95. The zero-order valence-electron chi connectivity index (χ0n) is 14.9. The minimum Gasteiger partial charge on any atom is -0.478 e. The summed E-state index contributed by atoms with van der Waals surface area (Å²) in [5.74, 6) is -0.127. The normalized spacial score (nSPS) is 11.1. The van der Waals surface area contributed by atoms with Crippen molar-refractivity contribution in [2.45, 2.75) is 13.5 Å². The second kappa shape index (κ2) is 8.10. The largest absolute Gasteiger partial charge is 0.478 e. The van der Waals surface area contributed by atoms with Gasteiger partial charge in [-0.2, -0.15) is 5.26 Å². The Bertz CT molecular complexity index is 1080. The summed E-state index contributed by atoms with van der Waals surface area (Å²) in [6, 6.07) is 13.3. The molecular weight excluding hydrogens is 360 g/mol. The van der Waals surface area contributed by atoms with Crippen molar-refractivity contribution in [3.63, 3.8) is 0 Å². The number of hydrogen-bond donors (Lipinski definition) is 2.